The Hall–Kier alpha value is -1.03. The van der Waals surface area contributed by atoms with Crippen molar-refractivity contribution in [3.8, 4) is 0 Å². The van der Waals surface area contributed by atoms with Gasteiger partial charge in [-0.25, -0.2) is 0 Å². The molecule has 1 saturated carbocycles. The number of halogens is 1. The number of anilines is 1. The van der Waals surface area contributed by atoms with Crippen molar-refractivity contribution in [1.29, 1.82) is 0 Å². The van der Waals surface area contributed by atoms with Crippen LogP contribution in [0.2, 0.25) is 5.02 Å². The molecular formula is C16H19ClN2S. The first-order valence-corrected chi connectivity index (χ1v) is 8.38. The third-order valence-corrected chi connectivity index (χ3v) is 4.59. The molecule has 1 aliphatic rings. The predicted octanol–water partition coefficient (Wildman–Crippen LogP) is 4.48. The lowest BCUT2D eigenvalue weighted by Gasteiger charge is -2.22. The molecule has 1 aliphatic carbocycles. The van der Waals surface area contributed by atoms with E-state index >= 15 is 0 Å². The normalized spacial score (nSPS) is 14.7. The molecule has 2 nitrogen and oxygen atoms in total. The van der Waals surface area contributed by atoms with Gasteiger partial charge < -0.3 is 5.32 Å². The Bertz CT molecular complexity index is 520. The van der Waals surface area contributed by atoms with E-state index in [1.165, 1.54) is 18.4 Å². The topological polar surface area (TPSA) is 15.3 Å². The molecule has 0 aliphatic heterocycles. The molecule has 3 rings (SSSR count). The van der Waals surface area contributed by atoms with Crippen LogP contribution in [-0.4, -0.2) is 24.0 Å². The quantitative estimate of drug-likeness (QED) is 0.811. The summed E-state index contributed by atoms with van der Waals surface area (Å²) in [5.74, 6) is 0. The molecule has 1 aromatic carbocycles. The molecule has 2 aromatic rings. The molecule has 0 radical (unpaired) electrons. The van der Waals surface area contributed by atoms with Crippen LogP contribution in [0.1, 0.15) is 18.4 Å². The van der Waals surface area contributed by atoms with Crippen LogP contribution in [0.15, 0.2) is 41.1 Å². The lowest BCUT2D eigenvalue weighted by molar-refractivity contribution is 0.265. The van der Waals surface area contributed by atoms with Gasteiger partial charge in [-0.1, -0.05) is 11.6 Å². The maximum atomic E-state index is 5.89. The van der Waals surface area contributed by atoms with Crippen molar-refractivity contribution in [2.45, 2.75) is 25.4 Å². The Morgan fingerprint density at radius 1 is 1.20 bits per heavy atom. The van der Waals surface area contributed by atoms with E-state index in [4.69, 9.17) is 11.6 Å². The zero-order valence-electron chi connectivity index (χ0n) is 11.4. The summed E-state index contributed by atoms with van der Waals surface area (Å²) in [6, 6.07) is 10.9. The van der Waals surface area contributed by atoms with Gasteiger partial charge in [0.1, 0.15) is 0 Å². The molecule has 1 heterocycles. The Morgan fingerprint density at radius 3 is 2.65 bits per heavy atom. The molecule has 1 N–H and O–H groups in total. The van der Waals surface area contributed by atoms with E-state index in [-0.39, 0.29) is 0 Å². The molecular weight excluding hydrogens is 288 g/mol. The van der Waals surface area contributed by atoms with Crippen LogP contribution >= 0.6 is 22.9 Å². The zero-order chi connectivity index (χ0) is 13.8. The van der Waals surface area contributed by atoms with Crippen molar-refractivity contribution in [2.24, 2.45) is 0 Å². The van der Waals surface area contributed by atoms with Crippen molar-refractivity contribution in [3.63, 3.8) is 0 Å². The van der Waals surface area contributed by atoms with Crippen LogP contribution in [0.4, 0.5) is 5.69 Å². The van der Waals surface area contributed by atoms with Gasteiger partial charge in [0.2, 0.25) is 0 Å². The minimum atomic E-state index is 0.785. The van der Waals surface area contributed by atoms with Gasteiger partial charge in [-0.3, -0.25) is 4.90 Å². The molecule has 0 unspecified atom stereocenters. The molecule has 0 atom stereocenters. The number of hydrogen-bond donors (Lipinski definition) is 1. The SMILES string of the molecule is Clc1ccc(NCCN(Cc2ccsc2)C2CC2)cc1. The molecule has 1 fully saturated rings. The Kier molecular flexibility index (Phi) is 4.61. The molecule has 106 valence electrons. The number of benzene rings is 1. The van der Waals surface area contributed by atoms with E-state index in [0.29, 0.717) is 0 Å². The number of rotatable bonds is 7. The Balaban J connectivity index is 1.48. The van der Waals surface area contributed by atoms with E-state index in [2.05, 4.69) is 27.0 Å². The largest absolute Gasteiger partial charge is 0.384 e. The highest BCUT2D eigenvalue weighted by molar-refractivity contribution is 7.07. The molecule has 4 heteroatoms. The molecule has 0 spiro atoms. The van der Waals surface area contributed by atoms with E-state index in [9.17, 15) is 0 Å². The predicted molar refractivity (Wildman–Crippen MR) is 87.7 cm³/mol. The molecule has 1 aromatic heterocycles. The van der Waals surface area contributed by atoms with Crippen LogP contribution in [0.25, 0.3) is 0 Å². The lowest BCUT2D eigenvalue weighted by Crippen LogP contribution is -2.30. The van der Waals surface area contributed by atoms with Crippen LogP contribution in [0, 0.1) is 0 Å². The van der Waals surface area contributed by atoms with Gasteiger partial charge in [0.05, 0.1) is 0 Å². The van der Waals surface area contributed by atoms with Crippen LogP contribution in [0.3, 0.4) is 0 Å². The average Bonchev–Trinajstić information content (AvgIpc) is 3.18. The summed E-state index contributed by atoms with van der Waals surface area (Å²) in [7, 11) is 0. The van der Waals surface area contributed by atoms with Crippen molar-refractivity contribution >= 4 is 28.6 Å². The molecule has 0 bridgehead atoms. The van der Waals surface area contributed by atoms with E-state index < -0.39 is 0 Å². The van der Waals surface area contributed by atoms with E-state index in [0.717, 1.165) is 36.4 Å². The summed E-state index contributed by atoms with van der Waals surface area (Å²) < 4.78 is 0. The van der Waals surface area contributed by atoms with Crippen LogP contribution in [-0.2, 0) is 6.54 Å². The Morgan fingerprint density at radius 2 is 2.00 bits per heavy atom. The number of thiophene rings is 1. The highest BCUT2D eigenvalue weighted by Crippen LogP contribution is 2.28. The van der Waals surface area contributed by atoms with Gasteiger partial charge in [-0.2, -0.15) is 11.3 Å². The first-order valence-electron chi connectivity index (χ1n) is 7.06. The monoisotopic (exact) mass is 306 g/mol. The summed E-state index contributed by atoms with van der Waals surface area (Å²) >= 11 is 7.67. The fourth-order valence-electron chi connectivity index (χ4n) is 2.36. The van der Waals surface area contributed by atoms with Crippen molar-refractivity contribution in [2.75, 3.05) is 18.4 Å². The van der Waals surface area contributed by atoms with Crippen molar-refractivity contribution in [3.05, 3.63) is 51.7 Å². The highest BCUT2D eigenvalue weighted by atomic mass is 35.5. The number of nitrogens with one attached hydrogen (secondary N) is 1. The maximum Gasteiger partial charge on any atom is 0.0407 e. The first kappa shape index (κ1) is 13.9. The van der Waals surface area contributed by atoms with Crippen molar-refractivity contribution < 1.29 is 0 Å². The third-order valence-electron chi connectivity index (χ3n) is 3.60. The van der Waals surface area contributed by atoms with Gasteiger partial charge in [-0.15, -0.1) is 0 Å². The van der Waals surface area contributed by atoms with Crippen molar-refractivity contribution in [1.82, 2.24) is 4.90 Å². The summed E-state index contributed by atoms with van der Waals surface area (Å²) in [6.07, 6.45) is 2.70. The van der Waals surface area contributed by atoms with E-state index in [1.807, 2.05) is 24.3 Å². The highest BCUT2D eigenvalue weighted by Gasteiger charge is 2.28. The second kappa shape index (κ2) is 6.61. The summed E-state index contributed by atoms with van der Waals surface area (Å²) in [6.45, 7) is 3.14. The Labute approximate surface area is 129 Å². The maximum absolute atomic E-state index is 5.89. The first-order chi connectivity index (χ1) is 9.81. The molecule has 0 saturated heterocycles. The minimum absolute atomic E-state index is 0.785. The second-order valence-electron chi connectivity index (χ2n) is 5.27. The van der Waals surface area contributed by atoms with Gasteiger partial charge in [0, 0.05) is 36.4 Å². The number of hydrogen-bond acceptors (Lipinski definition) is 3. The summed E-state index contributed by atoms with van der Waals surface area (Å²) in [4.78, 5) is 2.59. The number of nitrogens with zero attached hydrogens (tertiary/aromatic N) is 1. The lowest BCUT2D eigenvalue weighted by atomic mass is 10.3. The third kappa shape index (κ3) is 3.98. The van der Waals surface area contributed by atoms with Crippen LogP contribution in [0.5, 0.6) is 0 Å². The summed E-state index contributed by atoms with van der Waals surface area (Å²) in [5.41, 5.74) is 2.58. The average molecular weight is 307 g/mol. The van der Waals surface area contributed by atoms with Gasteiger partial charge >= 0.3 is 0 Å². The van der Waals surface area contributed by atoms with E-state index in [1.54, 1.807) is 11.3 Å². The zero-order valence-corrected chi connectivity index (χ0v) is 13.0. The van der Waals surface area contributed by atoms with Gasteiger partial charge in [0.25, 0.3) is 0 Å². The standard InChI is InChI=1S/C16H19ClN2S/c17-14-1-3-15(4-2-14)18-8-9-19(16-5-6-16)11-13-7-10-20-12-13/h1-4,7,10,12,16,18H,5-6,8-9,11H2. The second-order valence-corrected chi connectivity index (χ2v) is 6.48. The smallest absolute Gasteiger partial charge is 0.0407 e. The van der Waals surface area contributed by atoms with Crippen LogP contribution < -0.4 is 5.32 Å². The minimum Gasteiger partial charge on any atom is -0.384 e. The van der Waals surface area contributed by atoms with Gasteiger partial charge in [-0.05, 0) is 59.5 Å². The molecule has 20 heavy (non-hydrogen) atoms. The summed E-state index contributed by atoms with van der Waals surface area (Å²) in [5, 5.41) is 8.66. The molecule has 0 amide bonds. The fourth-order valence-corrected chi connectivity index (χ4v) is 3.14. The fraction of sp³-hybridized carbons (Fsp3) is 0.375. The van der Waals surface area contributed by atoms with Gasteiger partial charge in [0.15, 0.2) is 0 Å².